The van der Waals surface area contributed by atoms with E-state index in [-0.39, 0.29) is 12.7 Å². The van der Waals surface area contributed by atoms with Crippen LogP contribution in [0.25, 0.3) is 0 Å². The maximum absolute atomic E-state index is 9.31. The molecule has 2 N–H and O–H groups in total. The average Bonchev–Trinajstić information content (AvgIpc) is 3.16. The van der Waals surface area contributed by atoms with Gasteiger partial charge in [0.2, 0.25) is 5.79 Å². The van der Waals surface area contributed by atoms with Crippen molar-refractivity contribution in [2.24, 2.45) is 0 Å². The predicted octanol–water partition coefficient (Wildman–Crippen LogP) is 1.46. The molecule has 2 atom stereocenters. The zero-order valence-corrected chi connectivity index (χ0v) is 16.8. The molecule has 1 fully saturated rings. The number of nitrogens with zero attached hydrogens (tertiary/aromatic N) is 3. The number of aliphatic hydroxyl groups is 1. The van der Waals surface area contributed by atoms with Crippen LogP contribution in [0.2, 0.25) is 5.02 Å². The van der Waals surface area contributed by atoms with Gasteiger partial charge in [0.1, 0.15) is 25.3 Å². The maximum atomic E-state index is 9.31. The van der Waals surface area contributed by atoms with E-state index in [0.29, 0.717) is 24.4 Å². The average molecular weight is 471 g/mol. The van der Waals surface area contributed by atoms with E-state index in [2.05, 4.69) is 26.0 Å². The number of hydrogen-bond acceptors (Lipinski definition) is 7. The lowest BCUT2D eigenvalue weighted by molar-refractivity contribution is -0.192. The first-order chi connectivity index (χ1) is 12.1. The van der Waals surface area contributed by atoms with Crippen molar-refractivity contribution < 1.29 is 27.6 Å². The zero-order valence-electron chi connectivity index (χ0n) is 13.6. The van der Waals surface area contributed by atoms with Gasteiger partial charge in [-0.25, -0.2) is 9.67 Å². The number of benzene rings is 1. The summed E-state index contributed by atoms with van der Waals surface area (Å²) >= 11 is 9.47. The van der Waals surface area contributed by atoms with Crippen molar-refractivity contribution in [3.05, 3.63) is 45.9 Å². The summed E-state index contributed by atoms with van der Waals surface area (Å²) in [7, 11) is -3.67. The molecule has 3 rings (SSSR count). The first kappa shape index (κ1) is 21.2. The van der Waals surface area contributed by atoms with Crippen LogP contribution in [-0.4, -0.2) is 58.4 Å². The molecule has 26 heavy (non-hydrogen) atoms. The molecule has 12 heteroatoms. The maximum Gasteiger partial charge on any atom is 0.261 e. The number of aliphatic hydroxyl groups excluding tert-OH is 1. The molecule has 144 valence electrons. The molecule has 9 nitrogen and oxygen atoms in total. The Morgan fingerprint density at radius 2 is 2.19 bits per heavy atom. The lowest BCUT2D eigenvalue weighted by Crippen LogP contribution is -2.34. The molecule has 0 aliphatic carbocycles. The largest absolute Gasteiger partial charge is 0.394 e. The zero-order chi connectivity index (χ0) is 19.4. The molecule has 0 radical (unpaired) electrons. The Hall–Kier alpha value is -1.08. The molecule has 0 unspecified atom stereocenters. The Balaban J connectivity index is 0.000000431. The monoisotopic (exact) mass is 469 g/mol. The van der Waals surface area contributed by atoms with Crippen molar-refractivity contribution in [1.82, 2.24) is 14.8 Å². The third-order valence-electron chi connectivity index (χ3n) is 3.24. The molecule has 0 saturated carbocycles. The van der Waals surface area contributed by atoms with Gasteiger partial charge in [0, 0.05) is 15.1 Å². The van der Waals surface area contributed by atoms with E-state index in [1.807, 2.05) is 6.07 Å². The second-order valence-corrected chi connectivity index (χ2v) is 8.19. The van der Waals surface area contributed by atoms with Crippen LogP contribution in [0.4, 0.5) is 0 Å². The van der Waals surface area contributed by atoms with Crippen LogP contribution in [0.3, 0.4) is 0 Å². The quantitative estimate of drug-likeness (QED) is 0.644. The Bertz CT molecular complexity index is 827. The van der Waals surface area contributed by atoms with Gasteiger partial charge in [0.15, 0.2) is 0 Å². The molecule has 0 amide bonds. The van der Waals surface area contributed by atoms with Crippen molar-refractivity contribution >= 4 is 37.6 Å². The van der Waals surface area contributed by atoms with Crippen molar-refractivity contribution in [2.45, 2.75) is 18.4 Å². The molecule has 0 bridgehead atoms. The summed E-state index contributed by atoms with van der Waals surface area (Å²) in [6, 6.07) is 5.38. The molecule has 1 aliphatic rings. The molecule has 1 aromatic carbocycles. The van der Waals surface area contributed by atoms with Gasteiger partial charge in [0.25, 0.3) is 10.1 Å². The molecular formula is C14H17BrClN3O6S. The summed E-state index contributed by atoms with van der Waals surface area (Å²) in [4.78, 5) is 3.92. The van der Waals surface area contributed by atoms with Crippen molar-refractivity contribution in [1.29, 1.82) is 0 Å². The highest BCUT2D eigenvalue weighted by Crippen LogP contribution is 2.40. The third kappa shape index (κ3) is 5.98. The Morgan fingerprint density at radius 3 is 2.69 bits per heavy atom. The van der Waals surface area contributed by atoms with E-state index < -0.39 is 15.9 Å². The molecule has 2 heterocycles. The Labute approximate surface area is 163 Å². The van der Waals surface area contributed by atoms with Gasteiger partial charge >= 0.3 is 0 Å². The summed E-state index contributed by atoms with van der Waals surface area (Å²) in [5.74, 6) is -1.04. The fourth-order valence-corrected chi connectivity index (χ4v) is 3.27. The summed E-state index contributed by atoms with van der Waals surface area (Å²) in [5.41, 5.74) is 0.790. The van der Waals surface area contributed by atoms with Gasteiger partial charge < -0.3 is 14.6 Å². The Kier molecular flexibility index (Phi) is 7.13. The van der Waals surface area contributed by atoms with Gasteiger partial charge in [-0.1, -0.05) is 33.6 Å². The molecular weight excluding hydrogens is 454 g/mol. The molecule has 0 spiro atoms. The summed E-state index contributed by atoms with van der Waals surface area (Å²) in [6.45, 7) is 0.522. The minimum atomic E-state index is -3.67. The van der Waals surface area contributed by atoms with Crippen molar-refractivity contribution in [3.63, 3.8) is 0 Å². The van der Waals surface area contributed by atoms with E-state index in [9.17, 15) is 13.5 Å². The summed E-state index contributed by atoms with van der Waals surface area (Å²) in [6.07, 6.45) is 3.37. The summed E-state index contributed by atoms with van der Waals surface area (Å²) in [5, 5.41) is 14.0. The van der Waals surface area contributed by atoms with Gasteiger partial charge in [-0.15, -0.1) is 0 Å². The van der Waals surface area contributed by atoms with Crippen LogP contribution in [0.15, 0.2) is 35.3 Å². The lowest BCUT2D eigenvalue weighted by atomic mass is 10.1. The standard InChI is InChI=1S/C13H13BrClN3O3.CH4O3S/c14-12-3-9(15)1-2-11(12)13(6-18-8-16-7-17-18)20-5-10(4-19)21-13;1-5(2,3)4/h1-3,7-8,10,19H,4-6H2;1H3,(H,2,3,4)/t10-,13-;/m1./s1. The first-order valence-corrected chi connectivity index (χ1v) is 10.3. The highest BCUT2D eigenvalue weighted by molar-refractivity contribution is 9.10. The van der Waals surface area contributed by atoms with Gasteiger partial charge in [0.05, 0.1) is 19.5 Å². The number of ether oxygens (including phenoxy) is 2. The normalized spacial score (nSPS) is 22.7. The second kappa shape index (κ2) is 8.74. The van der Waals surface area contributed by atoms with E-state index in [4.69, 9.17) is 25.6 Å². The minimum Gasteiger partial charge on any atom is -0.394 e. The van der Waals surface area contributed by atoms with E-state index in [1.54, 1.807) is 23.1 Å². The van der Waals surface area contributed by atoms with Gasteiger partial charge in [-0.05, 0) is 12.1 Å². The van der Waals surface area contributed by atoms with Crippen LogP contribution >= 0.6 is 27.5 Å². The first-order valence-electron chi connectivity index (χ1n) is 7.26. The fraction of sp³-hybridized carbons (Fsp3) is 0.429. The molecule has 1 aliphatic heterocycles. The molecule has 1 saturated heterocycles. The van der Waals surface area contributed by atoms with E-state index >= 15 is 0 Å². The van der Waals surface area contributed by atoms with Crippen LogP contribution < -0.4 is 0 Å². The predicted molar refractivity (Wildman–Crippen MR) is 96.2 cm³/mol. The molecule has 1 aromatic heterocycles. The SMILES string of the molecule is CS(=O)(=O)O.OC[C@@H]1CO[C@@](Cn2cncn2)(c2ccc(Cl)cc2Br)O1. The van der Waals surface area contributed by atoms with E-state index in [1.165, 1.54) is 6.33 Å². The highest BCUT2D eigenvalue weighted by atomic mass is 79.9. The number of halogens is 2. The topological polar surface area (TPSA) is 124 Å². The number of aromatic nitrogens is 3. The van der Waals surface area contributed by atoms with Crippen molar-refractivity contribution in [3.8, 4) is 0 Å². The smallest absolute Gasteiger partial charge is 0.261 e. The minimum absolute atomic E-state index is 0.107. The Morgan fingerprint density at radius 1 is 1.50 bits per heavy atom. The van der Waals surface area contributed by atoms with Crippen LogP contribution in [0, 0.1) is 0 Å². The second-order valence-electron chi connectivity index (χ2n) is 5.44. The fourth-order valence-electron chi connectivity index (χ4n) is 2.29. The highest BCUT2D eigenvalue weighted by Gasteiger charge is 2.45. The summed E-state index contributed by atoms with van der Waals surface area (Å²) < 4.78 is 40.1. The number of rotatable bonds is 4. The van der Waals surface area contributed by atoms with Crippen LogP contribution in [0.5, 0.6) is 0 Å². The number of hydrogen-bond donors (Lipinski definition) is 2. The van der Waals surface area contributed by atoms with Gasteiger partial charge in [-0.3, -0.25) is 4.55 Å². The van der Waals surface area contributed by atoms with Crippen LogP contribution in [-0.2, 0) is 31.9 Å². The van der Waals surface area contributed by atoms with Crippen molar-refractivity contribution in [2.75, 3.05) is 19.5 Å². The molecule has 2 aromatic rings. The van der Waals surface area contributed by atoms with E-state index in [0.717, 1.165) is 10.0 Å². The van der Waals surface area contributed by atoms with Gasteiger partial charge in [-0.2, -0.15) is 13.5 Å². The third-order valence-corrected chi connectivity index (χ3v) is 4.13. The lowest BCUT2D eigenvalue weighted by Gasteiger charge is -2.29. The van der Waals surface area contributed by atoms with Crippen LogP contribution in [0.1, 0.15) is 5.56 Å².